The second kappa shape index (κ2) is 9.16. The van der Waals surface area contributed by atoms with E-state index in [4.69, 9.17) is 11.0 Å². The van der Waals surface area contributed by atoms with Crippen molar-refractivity contribution in [3.05, 3.63) is 28.2 Å². The zero-order chi connectivity index (χ0) is 16.7. The number of unbranched alkanes of at least 4 members (excludes halogenated alkanes) is 1. The standard InChI is InChI=1S/C16H21BrN4OS/c17-13-4-5-15(12(9-13)10-18)20-6-2-1-3-14(19)16(22)21-7-8-23-11-21/h4-5,9,14,20H,1-3,6-8,11,19H2. The smallest absolute Gasteiger partial charge is 0.240 e. The van der Waals surface area contributed by atoms with Crippen LogP contribution in [-0.4, -0.2) is 41.6 Å². The average Bonchev–Trinajstić information content (AvgIpc) is 3.09. The van der Waals surface area contributed by atoms with Crippen molar-refractivity contribution in [1.82, 2.24) is 4.90 Å². The molecule has 1 heterocycles. The molecule has 1 unspecified atom stereocenters. The number of nitrogens with one attached hydrogen (secondary N) is 1. The minimum Gasteiger partial charge on any atom is -0.384 e. The summed E-state index contributed by atoms with van der Waals surface area (Å²) < 4.78 is 0.893. The fourth-order valence-electron chi connectivity index (χ4n) is 2.42. The summed E-state index contributed by atoms with van der Waals surface area (Å²) in [6.45, 7) is 1.58. The van der Waals surface area contributed by atoms with Crippen LogP contribution in [0.15, 0.2) is 22.7 Å². The molecule has 0 radical (unpaired) electrons. The first-order chi connectivity index (χ1) is 11.1. The molecule has 2 rings (SSSR count). The van der Waals surface area contributed by atoms with Gasteiger partial charge in [-0.1, -0.05) is 15.9 Å². The Hall–Kier alpha value is -1.23. The van der Waals surface area contributed by atoms with Crippen molar-refractivity contribution in [2.45, 2.75) is 25.3 Å². The van der Waals surface area contributed by atoms with Crippen molar-refractivity contribution in [2.24, 2.45) is 5.73 Å². The lowest BCUT2D eigenvalue weighted by Crippen LogP contribution is -2.42. The molecule has 3 N–H and O–H groups in total. The van der Waals surface area contributed by atoms with Gasteiger partial charge in [0.1, 0.15) is 6.07 Å². The van der Waals surface area contributed by atoms with Crippen molar-refractivity contribution >= 4 is 39.3 Å². The van der Waals surface area contributed by atoms with E-state index in [0.717, 1.165) is 47.7 Å². The van der Waals surface area contributed by atoms with Gasteiger partial charge in [0.05, 0.1) is 23.2 Å². The molecule has 124 valence electrons. The lowest BCUT2D eigenvalue weighted by molar-refractivity contribution is -0.131. The molecule has 1 atom stereocenters. The predicted octanol–water partition coefficient (Wildman–Crippen LogP) is 2.76. The van der Waals surface area contributed by atoms with Gasteiger partial charge in [0.25, 0.3) is 0 Å². The molecule has 5 nitrogen and oxygen atoms in total. The molecule has 1 aliphatic rings. The van der Waals surface area contributed by atoms with E-state index in [1.54, 1.807) is 17.8 Å². The molecule has 1 saturated heterocycles. The van der Waals surface area contributed by atoms with Gasteiger partial charge in [-0.25, -0.2) is 0 Å². The van der Waals surface area contributed by atoms with Gasteiger partial charge in [-0.2, -0.15) is 5.26 Å². The summed E-state index contributed by atoms with van der Waals surface area (Å²) in [7, 11) is 0. The minimum absolute atomic E-state index is 0.0719. The summed E-state index contributed by atoms with van der Waals surface area (Å²) in [6.07, 6.45) is 2.50. The number of thioether (sulfide) groups is 1. The lowest BCUT2D eigenvalue weighted by Gasteiger charge is -2.19. The van der Waals surface area contributed by atoms with E-state index in [0.29, 0.717) is 12.0 Å². The number of nitrogens with zero attached hydrogens (tertiary/aromatic N) is 2. The highest BCUT2D eigenvalue weighted by Crippen LogP contribution is 2.20. The van der Waals surface area contributed by atoms with Gasteiger partial charge in [-0.3, -0.25) is 4.79 Å². The van der Waals surface area contributed by atoms with Crippen molar-refractivity contribution in [3.8, 4) is 6.07 Å². The number of anilines is 1. The number of hydrogen-bond acceptors (Lipinski definition) is 5. The van der Waals surface area contributed by atoms with Crippen LogP contribution in [0.2, 0.25) is 0 Å². The second-order valence-electron chi connectivity index (χ2n) is 5.47. The van der Waals surface area contributed by atoms with Crippen LogP contribution in [0, 0.1) is 11.3 Å². The number of rotatable bonds is 7. The summed E-state index contributed by atoms with van der Waals surface area (Å²) in [5.74, 6) is 1.86. The van der Waals surface area contributed by atoms with Crippen LogP contribution in [0.3, 0.4) is 0 Å². The zero-order valence-electron chi connectivity index (χ0n) is 12.9. The van der Waals surface area contributed by atoms with Crippen LogP contribution in [0.4, 0.5) is 5.69 Å². The van der Waals surface area contributed by atoms with Gasteiger partial charge in [0.15, 0.2) is 0 Å². The number of nitriles is 1. The van der Waals surface area contributed by atoms with E-state index in [1.807, 2.05) is 17.0 Å². The molecule has 0 spiro atoms. The van der Waals surface area contributed by atoms with Gasteiger partial charge in [0.2, 0.25) is 5.91 Å². The molecule has 0 saturated carbocycles. The fraction of sp³-hybridized carbons (Fsp3) is 0.500. The predicted molar refractivity (Wildman–Crippen MR) is 98.2 cm³/mol. The highest BCUT2D eigenvalue weighted by molar-refractivity contribution is 9.10. The largest absolute Gasteiger partial charge is 0.384 e. The Morgan fingerprint density at radius 1 is 1.52 bits per heavy atom. The lowest BCUT2D eigenvalue weighted by atomic mass is 10.1. The molecule has 1 fully saturated rings. The van der Waals surface area contributed by atoms with Crippen molar-refractivity contribution in [3.63, 3.8) is 0 Å². The molecule has 1 aromatic carbocycles. The maximum absolute atomic E-state index is 12.1. The fourth-order valence-corrected chi connectivity index (χ4v) is 3.74. The molecular formula is C16H21BrN4OS. The molecule has 0 bridgehead atoms. The highest BCUT2D eigenvalue weighted by Gasteiger charge is 2.23. The zero-order valence-corrected chi connectivity index (χ0v) is 15.3. The number of carbonyl (C=O) groups is 1. The van der Waals surface area contributed by atoms with Gasteiger partial charge in [0, 0.05) is 23.3 Å². The Balaban J connectivity index is 1.68. The van der Waals surface area contributed by atoms with Crippen LogP contribution in [0.25, 0.3) is 0 Å². The van der Waals surface area contributed by atoms with Gasteiger partial charge in [-0.15, -0.1) is 11.8 Å². The SMILES string of the molecule is N#Cc1cc(Br)ccc1NCCCCC(N)C(=O)N1CCSC1. The Bertz CT molecular complexity index is 584. The first-order valence-corrected chi connectivity index (χ1v) is 9.62. The van der Waals surface area contributed by atoms with E-state index in [1.165, 1.54) is 0 Å². The van der Waals surface area contributed by atoms with Crippen molar-refractivity contribution in [2.75, 3.05) is 30.0 Å². The molecule has 1 aliphatic heterocycles. The van der Waals surface area contributed by atoms with Crippen LogP contribution in [0.1, 0.15) is 24.8 Å². The number of hydrogen-bond donors (Lipinski definition) is 2. The molecule has 0 aromatic heterocycles. The summed E-state index contributed by atoms with van der Waals surface area (Å²) >= 11 is 5.13. The Morgan fingerprint density at radius 3 is 3.04 bits per heavy atom. The number of halogens is 1. The van der Waals surface area contributed by atoms with Crippen LogP contribution < -0.4 is 11.1 Å². The molecule has 7 heteroatoms. The molecule has 23 heavy (non-hydrogen) atoms. The van der Waals surface area contributed by atoms with Gasteiger partial charge in [-0.05, 0) is 37.5 Å². The summed E-state index contributed by atoms with van der Waals surface area (Å²) in [4.78, 5) is 13.9. The number of amides is 1. The van der Waals surface area contributed by atoms with E-state index in [-0.39, 0.29) is 5.91 Å². The monoisotopic (exact) mass is 396 g/mol. The quantitative estimate of drug-likeness (QED) is 0.692. The second-order valence-corrected chi connectivity index (χ2v) is 7.46. The van der Waals surface area contributed by atoms with Gasteiger partial charge >= 0.3 is 0 Å². The van der Waals surface area contributed by atoms with Crippen LogP contribution >= 0.6 is 27.7 Å². The minimum atomic E-state index is -0.393. The molecule has 1 aromatic rings. The first-order valence-electron chi connectivity index (χ1n) is 7.67. The van der Waals surface area contributed by atoms with E-state index in [9.17, 15) is 4.79 Å². The average molecular weight is 397 g/mol. The molecule has 0 aliphatic carbocycles. The molecular weight excluding hydrogens is 376 g/mol. The van der Waals surface area contributed by atoms with Crippen LogP contribution in [-0.2, 0) is 4.79 Å². The maximum Gasteiger partial charge on any atom is 0.240 e. The third-order valence-corrected chi connectivity index (χ3v) is 5.20. The normalized spacial score (nSPS) is 15.3. The molecule has 1 amide bonds. The van der Waals surface area contributed by atoms with Crippen molar-refractivity contribution in [1.29, 1.82) is 5.26 Å². The summed E-state index contributed by atoms with van der Waals surface area (Å²) in [5, 5.41) is 12.4. The Labute approximate surface area is 149 Å². The summed E-state index contributed by atoms with van der Waals surface area (Å²) in [6, 6.07) is 7.38. The maximum atomic E-state index is 12.1. The highest BCUT2D eigenvalue weighted by atomic mass is 79.9. The number of benzene rings is 1. The van der Waals surface area contributed by atoms with E-state index < -0.39 is 6.04 Å². The number of nitrogens with two attached hydrogens (primary N) is 1. The first kappa shape index (κ1) is 18.1. The van der Waals surface area contributed by atoms with E-state index in [2.05, 4.69) is 27.3 Å². The Morgan fingerprint density at radius 2 is 2.35 bits per heavy atom. The number of carbonyl (C=O) groups excluding carboxylic acids is 1. The third-order valence-electron chi connectivity index (χ3n) is 3.74. The third kappa shape index (κ3) is 5.41. The Kier molecular flexibility index (Phi) is 7.21. The summed E-state index contributed by atoms with van der Waals surface area (Å²) in [5.41, 5.74) is 7.44. The topological polar surface area (TPSA) is 82.1 Å². The van der Waals surface area contributed by atoms with Crippen LogP contribution in [0.5, 0.6) is 0 Å². The van der Waals surface area contributed by atoms with Crippen molar-refractivity contribution < 1.29 is 4.79 Å². The van der Waals surface area contributed by atoms with E-state index >= 15 is 0 Å². The van der Waals surface area contributed by atoms with Gasteiger partial charge < -0.3 is 16.0 Å².